The molecule has 4 heteroatoms. The van der Waals surface area contributed by atoms with E-state index in [1.165, 1.54) is 13.0 Å². The average molecular weight is 224 g/mol. The highest BCUT2D eigenvalue weighted by Crippen LogP contribution is 2.33. The third-order valence-electron chi connectivity index (χ3n) is 2.27. The second kappa shape index (κ2) is 4.43. The monoisotopic (exact) mass is 224 g/mol. The molecule has 16 heavy (non-hydrogen) atoms. The molecule has 1 rings (SSSR count). The molecule has 0 amide bonds. The Labute approximate surface area is 94.5 Å². The summed E-state index contributed by atoms with van der Waals surface area (Å²) in [6, 6.07) is 1.44. The summed E-state index contributed by atoms with van der Waals surface area (Å²) in [7, 11) is 0. The highest BCUT2D eigenvalue weighted by Gasteiger charge is 2.20. The van der Waals surface area contributed by atoms with Gasteiger partial charge in [-0.15, -0.1) is 0 Å². The molecule has 0 spiro atoms. The van der Waals surface area contributed by atoms with Crippen LogP contribution in [-0.4, -0.2) is 22.3 Å². The molecule has 0 aliphatic carbocycles. The molecule has 1 aromatic rings. The fraction of sp³-hybridized carbons (Fsp3) is 0.417. The SMILES string of the molecule is Cc1cc(O)c(C)c(O)c1C(=O)OC(C)C. The van der Waals surface area contributed by atoms with Gasteiger partial charge < -0.3 is 14.9 Å². The van der Waals surface area contributed by atoms with E-state index in [1.54, 1.807) is 20.8 Å². The molecule has 0 heterocycles. The van der Waals surface area contributed by atoms with E-state index in [4.69, 9.17) is 4.74 Å². The van der Waals surface area contributed by atoms with Gasteiger partial charge in [0.05, 0.1) is 6.10 Å². The smallest absolute Gasteiger partial charge is 0.342 e. The third-order valence-corrected chi connectivity index (χ3v) is 2.27. The molecule has 0 aliphatic rings. The number of hydrogen-bond donors (Lipinski definition) is 2. The largest absolute Gasteiger partial charge is 0.508 e. The van der Waals surface area contributed by atoms with E-state index in [9.17, 15) is 15.0 Å². The van der Waals surface area contributed by atoms with E-state index in [2.05, 4.69) is 0 Å². The second-order valence-electron chi connectivity index (χ2n) is 4.02. The summed E-state index contributed by atoms with van der Waals surface area (Å²) in [5, 5.41) is 19.2. The van der Waals surface area contributed by atoms with E-state index in [0.29, 0.717) is 5.56 Å². The summed E-state index contributed by atoms with van der Waals surface area (Å²) >= 11 is 0. The molecule has 0 aromatic heterocycles. The van der Waals surface area contributed by atoms with Gasteiger partial charge >= 0.3 is 5.97 Å². The molecule has 0 saturated carbocycles. The van der Waals surface area contributed by atoms with Crippen LogP contribution in [0.5, 0.6) is 11.5 Å². The van der Waals surface area contributed by atoms with Crippen LogP contribution in [0, 0.1) is 13.8 Å². The molecule has 88 valence electrons. The Morgan fingerprint density at radius 3 is 2.38 bits per heavy atom. The first-order chi connectivity index (χ1) is 7.34. The van der Waals surface area contributed by atoms with Gasteiger partial charge in [0.25, 0.3) is 0 Å². The number of aryl methyl sites for hydroxylation is 1. The second-order valence-corrected chi connectivity index (χ2v) is 4.02. The lowest BCUT2D eigenvalue weighted by Gasteiger charge is -2.13. The topological polar surface area (TPSA) is 66.8 Å². The van der Waals surface area contributed by atoms with Gasteiger partial charge in [-0.3, -0.25) is 0 Å². The quantitative estimate of drug-likeness (QED) is 0.756. The molecule has 1 aromatic carbocycles. The summed E-state index contributed by atoms with van der Waals surface area (Å²) in [5.74, 6) is -0.827. The van der Waals surface area contributed by atoms with Crippen LogP contribution in [0.25, 0.3) is 0 Å². The van der Waals surface area contributed by atoms with Crippen molar-refractivity contribution in [3.05, 3.63) is 22.8 Å². The molecule has 2 N–H and O–H groups in total. The zero-order valence-corrected chi connectivity index (χ0v) is 9.87. The fourth-order valence-electron chi connectivity index (χ4n) is 1.41. The number of phenolic OH excluding ortho intramolecular Hbond substituents is 2. The number of carbonyl (C=O) groups excluding carboxylic acids is 1. The first-order valence-corrected chi connectivity index (χ1v) is 5.07. The average Bonchev–Trinajstić information content (AvgIpc) is 2.13. The normalized spacial score (nSPS) is 10.6. The molecule has 0 aliphatic heterocycles. The zero-order chi connectivity index (χ0) is 12.5. The van der Waals surface area contributed by atoms with Crippen LogP contribution in [0.2, 0.25) is 0 Å². The zero-order valence-electron chi connectivity index (χ0n) is 9.87. The van der Waals surface area contributed by atoms with Gasteiger partial charge in [0.2, 0.25) is 0 Å². The Balaban J connectivity index is 3.24. The molecule has 0 fully saturated rings. The van der Waals surface area contributed by atoms with Crippen LogP contribution in [0.4, 0.5) is 0 Å². The number of rotatable bonds is 2. The number of carbonyl (C=O) groups is 1. The maximum absolute atomic E-state index is 11.7. The highest BCUT2D eigenvalue weighted by atomic mass is 16.5. The standard InChI is InChI=1S/C12H16O4/c1-6(2)16-12(15)10-7(3)5-9(13)8(4)11(10)14/h5-6,13-14H,1-4H3. The molecular formula is C12H16O4. The summed E-state index contributed by atoms with van der Waals surface area (Å²) in [4.78, 5) is 11.7. The van der Waals surface area contributed by atoms with E-state index >= 15 is 0 Å². The van der Waals surface area contributed by atoms with Crippen LogP contribution in [-0.2, 0) is 4.74 Å². The van der Waals surface area contributed by atoms with Gasteiger partial charge in [0.1, 0.15) is 17.1 Å². The van der Waals surface area contributed by atoms with Gasteiger partial charge in [-0.1, -0.05) is 0 Å². The predicted molar refractivity (Wildman–Crippen MR) is 59.8 cm³/mol. The van der Waals surface area contributed by atoms with Crippen molar-refractivity contribution in [2.45, 2.75) is 33.8 Å². The Hall–Kier alpha value is -1.71. The number of phenols is 2. The van der Waals surface area contributed by atoms with Crippen LogP contribution in [0.15, 0.2) is 6.07 Å². The Morgan fingerprint density at radius 2 is 1.88 bits per heavy atom. The lowest BCUT2D eigenvalue weighted by molar-refractivity contribution is 0.0373. The maximum Gasteiger partial charge on any atom is 0.342 e. The molecular weight excluding hydrogens is 208 g/mol. The van der Waals surface area contributed by atoms with Gasteiger partial charge in [-0.25, -0.2) is 4.79 Å². The minimum absolute atomic E-state index is 0.0314. The number of ether oxygens (including phenoxy) is 1. The minimum atomic E-state index is -0.576. The van der Waals surface area contributed by atoms with E-state index in [0.717, 1.165) is 0 Å². The number of hydrogen-bond acceptors (Lipinski definition) is 4. The molecule has 4 nitrogen and oxygen atoms in total. The van der Waals surface area contributed by atoms with Crippen molar-refractivity contribution in [2.75, 3.05) is 0 Å². The van der Waals surface area contributed by atoms with Crippen LogP contribution < -0.4 is 0 Å². The first-order valence-electron chi connectivity index (χ1n) is 5.07. The van der Waals surface area contributed by atoms with E-state index in [-0.39, 0.29) is 28.7 Å². The van der Waals surface area contributed by atoms with Crippen molar-refractivity contribution in [3.8, 4) is 11.5 Å². The van der Waals surface area contributed by atoms with Crippen molar-refractivity contribution >= 4 is 5.97 Å². The van der Waals surface area contributed by atoms with Gasteiger partial charge in [-0.2, -0.15) is 0 Å². The van der Waals surface area contributed by atoms with Crippen molar-refractivity contribution in [3.63, 3.8) is 0 Å². The number of aromatic hydroxyl groups is 2. The first kappa shape index (κ1) is 12.4. The van der Waals surface area contributed by atoms with Crippen molar-refractivity contribution in [1.82, 2.24) is 0 Å². The predicted octanol–water partition coefficient (Wildman–Crippen LogP) is 2.28. The minimum Gasteiger partial charge on any atom is -0.508 e. The molecule has 0 unspecified atom stereocenters. The van der Waals surface area contributed by atoms with Gasteiger partial charge in [0.15, 0.2) is 0 Å². The van der Waals surface area contributed by atoms with Gasteiger partial charge in [-0.05, 0) is 39.3 Å². The van der Waals surface area contributed by atoms with Crippen LogP contribution in [0.1, 0.15) is 35.3 Å². The Bertz CT molecular complexity index is 422. The summed E-state index contributed by atoms with van der Waals surface area (Å²) in [6.45, 7) is 6.64. The third kappa shape index (κ3) is 2.27. The van der Waals surface area contributed by atoms with Crippen LogP contribution in [0.3, 0.4) is 0 Å². The maximum atomic E-state index is 11.7. The molecule has 0 saturated heterocycles. The van der Waals surface area contributed by atoms with Crippen molar-refractivity contribution in [1.29, 1.82) is 0 Å². The van der Waals surface area contributed by atoms with E-state index < -0.39 is 5.97 Å². The molecule has 0 bridgehead atoms. The van der Waals surface area contributed by atoms with Crippen LogP contribution >= 0.6 is 0 Å². The molecule has 0 atom stereocenters. The number of benzene rings is 1. The summed E-state index contributed by atoms with van der Waals surface area (Å²) in [5.41, 5.74) is 0.886. The van der Waals surface area contributed by atoms with Crippen molar-refractivity contribution < 1.29 is 19.7 Å². The van der Waals surface area contributed by atoms with Gasteiger partial charge in [0, 0.05) is 5.56 Å². The van der Waals surface area contributed by atoms with Crippen molar-refractivity contribution in [2.24, 2.45) is 0 Å². The summed E-state index contributed by atoms with van der Waals surface area (Å²) in [6.07, 6.45) is -0.250. The highest BCUT2D eigenvalue weighted by molar-refractivity contribution is 5.95. The molecule has 0 radical (unpaired) electrons. The fourth-order valence-corrected chi connectivity index (χ4v) is 1.41. The lowest BCUT2D eigenvalue weighted by atomic mass is 10.0. The van der Waals surface area contributed by atoms with E-state index in [1.807, 2.05) is 0 Å². The Morgan fingerprint density at radius 1 is 1.31 bits per heavy atom. The lowest BCUT2D eigenvalue weighted by Crippen LogP contribution is -2.13. The summed E-state index contributed by atoms with van der Waals surface area (Å²) < 4.78 is 5.01. The number of esters is 1. The Kier molecular flexibility index (Phi) is 3.42.